The molecule has 0 unspecified atom stereocenters. The lowest BCUT2D eigenvalue weighted by Gasteiger charge is -2.37. The molecular formula is C30H40F2. The average Bonchev–Trinajstić information content (AvgIpc) is 2.83. The van der Waals surface area contributed by atoms with E-state index in [0.29, 0.717) is 10.9 Å². The summed E-state index contributed by atoms with van der Waals surface area (Å²) in [4.78, 5) is 0. The standard InChI is InChI=1S/C30H40F2/c1-3-5-6-8-22-11-14-26-20-28(30(32)29(31)27(26)19-22)25-17-15-24(16-18-25)23-12-9-21(7-4-2)10-13-23/h4,7,11,14,19-21,23-25H,3,5-6,8-10,12-13,15-18H2,1-2H3/b7-4+. The molecule has 0 N–H and O–H groups in total. The number of fused-ring (bicyclic) bond motifs is 1. The molecule has 0 saturated heterocycles. The molecule has 4 rings (SSSR count). The van der Waals surface area contributed by atoms with Crippen molar-refractivity contribution >= 4 is 10.8 Å². The van der Waals surface area contributed by atoms with Crippen molar-refractivity contribution in [3.8, 4) is 0 Å². The summed E-state index contributed by atoms with van der Waals surface area (Å²) in [7, 11) is 0. The van der Waals surface area contributed by atoms with Crippen LogP contribution in [0.4, 0.5) is 8.78 Å². The van der Waals surface area contributed by atoms with E-state index in [1.165, 1.54) is 51.4 Å². The van der Waals surface area contributed by atoms with Crippen molar-refractivity contribution < 1.29 is 8.78 Å². The molecule has 2 saturated carbocycles. The van der Waals surface area contributed by atoms with E-state index in [2.05, 4.69) is 32.1 Å². The van der Waals surface area contributed by atoms with Gasteiger partial charge in [0.1, 0.15) is 0 Å². The molecule has 2 aliphatic carbocycles. The number of hydrogen-bond acceptors (Lipinski definition) is 0. The molecule has 2 fully saturated rings. The van der Waals surface area contributed by atoms with Crippen molar-refractivity contribution in [1.82, 2.24) is 0 Å². The third kappa shape index (κ3) is 5.26. The predicted molar refractivity (Wildman–Crippen MR) is 132 cm³/mol. The van der Waals surface area contributed by atoms with Gasteiger partial charge in [-0.25, -0.2) is 8.78 Å². The van der Waals surface area contributed by atoms with E-state index in [1.807, 2.05) is 18.2 Å². The molecule has 0 amide bonds. The summed E-state index contributed by atoms with van der Waals surface area (Å²) < 4.78 is 30.2. The van der Waals surface area contributed by atoms with Crippen LogP contribution in [0.3, 0.4) is 0 Å². The molecule has 2 aliphatic rings. The molecule has 2 heteroatoms. The minimum absolute atomic E-state index is 0.161. The zero-order valence-corrected chi connectivity index (χ0v) is 20.0. The van der Waals surface area contributed by atoms with E-state index in [1.54, 1.807) is 0 Å². The Labute approximate surface area is 193 Å². The molecule has 0 nitrogen and oxygen atoms in total. The lowest BCUT2D eigenvalue weighted by Crippen LogP contribution is -2.25. The second kappa shape index (κ2) is 10.9. The van der Waals surface area contributed by atoms with Gasteiger partial charge in [0.25, 0.3) is 0 Å². The Balaban J connectivity index is 1.42. The van der Waals surface area contributed by atoms with Crippen LogP contribution in [0.1, 0.15) is 102 Å². The molecule has 32 heavy (non-hydrogen) atoms. The Kier molecular flexibility index (Phi) is 8.02. The zero-order valence-electron chi connectivity index (χ0n) is 20.0. The lowest BCUT2D eigenvalue weighted by atomic mass is 9.68. The number of halogens is 2. The molecule has 0 heterocycles. The summed E-state index contributed by atoms with van der Waals surface area (Å²) in [5.74, 6) is 1.31. The molecule has 0 aromatic heterocycles. The maximum atomic E-state index is 15.1. The van der Waals surface area contributed by atoms with Gasteiger partial charge in [0, 0.05) is 5.39 Å². The highest BCUT2D eigenvalue weighted by atomic mass is 19.2. The van der Waals surface area contributed by atoms with Crippen LogP contribution in [0.15, 0.2) is 36.4 Å². The number of hydrogen-bond donors (Lipinski definition) is 0. The van der Waals surface area contributed by atoms with Crippen molar-refractivity contribution in [2.45, 2.75) is 96.8 Å². The van der Waals surface area contributed by atoms with Gasteiger partial charge in [0.2, 0.25) is 0 Å². The van der Waals surface area contributed by atoms with E-state index in [9.17, 15) is 0 Å². The van der Waals surface area contributed by atoms with Gasteiger partial charge in [0.15, 0.2) is 11.6 Å². The average molecular weight is 439 g/mol. The van der Waals surface area contributed by atoms with Gasteiger partial charge < -0.3 is 0 Å². The van der Waals surface area contributed by atoms with E-state index >= 15 is 8.78 Å². The lowest BCUT2D eigenvalue weighted by molar-refractivity contribution is 0.170. The fraction of sp³-hybridized carbons (Fsp3) is 0.600. The summed E-state index contributed by atoms with van der Waals surface area (Å²) >= 11 is 0. The van der Waals surface area contributed by atoms with Crippen LogP contribution >= 0.6 is 0 Å². The molecule has 2 aromatic carbocycles. The van der Waals surface area contributed by atoms with Gasteiger partial charge in [-0.1, -0.05) is 44.1 Å². The zero-order chi connectivity index (χ0) is 22.5. The SMILES string of the molecule is C/C=C/C1CCC(C2CCC(c3cc4ccc(CCCCC)cc4c(F)c3F)CC2)CC1. The molecule has 0 spiro atoms. The van der Waals surface area contributed by atoms with Crippen molar-refractivity contribution in [2.75, 3.05) is 0 Å². The Hall–Kier alpha value is -1.70. The first-order valence-electron chi connectivity index (χ1n) is 13.1. The maximum absolute atomic E-state index is 15.1. The van der Waals surface area contributed by atoms with Crippen LogP contribution in [0.5, 0.6) is 0 Å². The van der Waals surface area contributed by atoms with Crippen LogP contribution in [0.25, 0.3) is 10.8 Å². The monoisotopic (exact) mass is 438 g/mol. The van der Waals surface area contributed by atoms with Gasteiger partial charge in [-0.3, -0.25) is 0 Å². The number of allylic oxidation sites excluding steroid dienone is 2. The number of unbranched alkanes of at least 4 members (excludes halogenated alkanes) is 2. The fourth-order valence-electron chi connectivity index (χ4n) is 6.41. The van der Waals surface area contributed by atoms with Crippen LogP contribution < -0.4 is 0 Å². The van der Waals surface area contributed by atoms with Gasteiger partial charge in [-0.05, 0) is 123 Å². The quantitative estimate of drug-likeness (QED) is 0.298. The molecular weight excluding hydrogens is 398 g/mol. The normalized spacial score (nSPS) is 26.8. The predicted octanol–water partition coefficient (Wildman–Crippen LogP) is 9.51. The summed E-state index contributed by atoms with van der Waals surface area (Å²) in [5, 5.41) is 1.30. The third-order valence-electron chi connectivity index (χ3n) is 8.34. The molecule has 0 bridgehead atoms. The van der Waals surface area contributed by atoms with E-state index in [4.69, 9.17) is 0 Å². The highest BCUT2D eigenvalue weighted by molar-refractivity contribution is 5.85. The topological polar surface area (TPSA) is 0 Å². The third-order valence-corrected chi connectivity index (χ3v) is 8.34. The summed E-state index contributed by atoms with van der Waals surface area (Å²) in [6.45, 7) is 4.30. The number of rotatable bonds is 7. The van der Waals surface area contributed by atoms with Crippen LogP contribution in [0.2, 0.25) is 0 Å². The summed E-state index contributed by atoms with van der Waals surface area (Å²) in [6.07, 6.45) is 18.6. The minimum Gasteiger partial charge on any atom is -0.203 e. The second-order valence-electron chi connectivity index (χ2n) is 10.4. The van der Waals surface area contributed by atoms with Crippen LogP contribution in [0, 0.1) is 29.4 Å². The minimum atomic E-state index is -0.640. The van der Waals surface area contributed by atoms with E-state index in [-0.39, 0.29) is 5.92 Å². The van der Waals surface area contributed by atoms with Crippen molar-refractivity contribution in [3.63, 3.8) is 0 Å². The van der Waals surface area contributed by atoms with Crippen LogP contribution in [-0.4, -0.2) is 0 Å². The number of aryl methyl sites for hydroxylation is 1. The summed E-state index contributed by atoms with van der Waals surface area (Å²) in [5.41, 5.74) is 1.73. The van der Waals surface area contributed by atoms with Gasteiger partial charge in [-0.2, -0.15) is 0 Å². The molecule has 2 aromatic rings. The molecule has 0 atom stereocenters. The molecule has 0 radical (unpaired) electrons. The molecule has 174 valence electrons. The first kappa shape index (κ1) is 23.5. The molecule has 0 aliphatic heterocycles. The van der Waals surface area contributed by atoms with Crippen LogP contribution in [-0.2, 0) is 6.42 Å². The van der Waals surface area contributed by atoms with Crippen molar-refractivity contribution in [3.05, 3.63) is 59.2 Å². The van der Waals surface area contributed by atoms with Crippen molar-refractivity contribution in [2.24, 2.45) is 17.8 Å². The van der Waals surface area contributed by atoms with Gasteiger partial charge in [0.05, 0.1) is 0 Å². The van der Waals surface area contributed by atoms with Gasteiger partial charge >= 0.3 is 0 Å². The fourth-order valence-corrected chi connectivity index (χ4v) is 6.41. The largest absolute Gasteiger partial charge is 0.203 e. The first-order valence-corrected chi connectivity index (χ1v) is 13.1. The highest BCUT2D eigenvalue weighted by Gasteiger charge is 2.32. The Morgan fingerprint density at radius 1 is 0.844 bits per heavy atom. The van der Waals surface area contributed by atoms with Gasteiger partial charge in [-0.15, -0.1) is 0 Å². The number of benzene rings is 2. The Morgan fingerprint density at radius 3 is 2.19 bits per heavy atom. The summed E-state index contributed by atoms with van der Waals surface area (Å²) in [6, 6.07) is 7.91. The van der Waals surface area contributed by atoms with E-state index in [0.717, 1.165) is 54.4 Å². The highest BCUT2D eigenvalue weighted by Crippen LogP contribution is 2.45. The Bertz CT molecular complexity index is 912. The second-order valence-corrected chi connectivity index (χ2v) is 10.4. The maximum Gasteiger partial charge on any atom is 0.166 e. The van der Waals surface area contributed by atoms with E-state index < -0.39 is 11.6 Å². The smallest absolute Gasteiger partial charge is 0.166 e. The Morgan fingerprint density at radius 2 is 1.53 bits per heavy atom. The van der Waals surface area contributed by atoms with Crippen molar-refractivity contribution in [1.29, 1.82) is 0 Å². The first-order chi connectivity index (χ1) is 15.6.